The SMILES string of the molecule is CC(C)(C)c1nc2ccc(Br)cc2c(=O)n1N=Cc1ccc(-c2cccc(Cl)c2)o1. The molecule has 0 bridgehead atoms. The maximum atomic E-state index is 13.2. The molecule has 0 aliphatic heterocycles. The molecule has 30 heavy (non-hydrogen) atoms. The molecule has 2 heterocycles. The van der Waals surface area contributed by atoms with Crippen molar-refractivity contribution in [2.24, 2.45) is 5.10 Å². The second-order valence-corrected chi connectivity index (χ2v) is 9.27. The Balaban J connectivity index is 1.79. The van der Waals surface area contributed by atoms with Crippen LogP contribution >= 0.6 is 27.5 Å². The lowest BCUT2D eigenvalue weighted by Gasteiger charge is -2.20. The number of furan rings is 1. The van der Waals surface area contributed by atoms with E-state index in [2.05, 4.69) is 21.0 Å². The minimum Gasteiger partial charge on any atom is -0.455 e. The van der Waals surface area contributed by atoms with Gasteiger partial charge in [0.15, 0.2) is 0 Å². The number of benzene rings is 2. The molecule has 0 radical (unpaired) electrons. The van der Waals surface area contributed by atoms with E-state index in [9.17, 15) is 4.79 Å². The molecule has 0 aliphatic rings. The van der Waals surface area contributed by atoms with Crippen molar-refractivity contribution in [1.29, 1.82) is 0 Å². The summed E-state index contributed by atoms with van der Waals surface area (Å²) in [5.74, 6) is 1.76. The molecule has 152 valence electrons. The molecule has 5 nitrogen and oxygen atoms in total. The quantitative estimate of drug-likeness (QED) is 0.323. The predicted molar refractivity (Wildman–Crippen MR) is 125 cm³/mol. The first kappa shape index (κ1) is 20.6. The van der Waals surface area contributed by atoms with Crippen LogP contribution in [0.25, 0.3) is 22.2 Å². The van der Waals surface area contributed by atoms with Gasteiger partial charge >= 0.3 is 0 Å². The molecule has 0 saturated heterocycles. The van der Waals surface area contributed by atoms with Gasteiger partial charge in [0.2, 0.25) is 0 Å². The van der Waals surface area contributed by atoms with E-state index in [1.54, 1.807) is 12.1 Å². The lowest BCUT2D eigenvalue weighted by Crippen LogP contribution is -2.29. The topological polar surface area (TPSA) is 60.4 Å². The molecule has 0 saturated carbocycles. The highest BCUT2D eigenvalue weighted by atomic mass is 79.9. The fourth-order valence-corrected chi connectivity index (χ4v) is 3.63. The summed E-state index contributed by atoms with van der Waals surface area (Å²) in [5.41, 5.74) is 0.893. The minimum absolute atomic E-state index is 0.232. The minimum atomic E-state index is -0.382. The summed E-state index contributed by atoms with van der Waals surface area (Å²) < 4.78 is 8.02. The summed E-state index contributed by atoms with van der Waals surface area (Å²) in [5, 5.41) is 5.56. The van der Waals surface area contributed by atoms with Crippen LogP contribution in [-0.4, -0.2) is 15.9 Å². The Kier molecular flexibility index (Phi) is 5.38. The van der Waals surface area contributed by atoms with Gasteiger partial charge in [-0.25, -0.2) is 4.98 Å². The average Bonchev–Trinajstić information content (AvgIpc) is 3.16. The zero-order valence-corrected chi connectivity index (χ0v) is 19.0. The third-order valence-corrected chi connectivity index (χ3v) is 5.24. The van der Waals surface area contributed by atoms with Gasteiger partial charge in [-0.2, -0.15) is 9.78 Å². The molecular weight excluding hydrogens is 466 g/mol. The molecule has 0 N–H and O–H groups in total. The van der Waals surface area contributed by atoms with Crippen LogP contribution < -0.4 is 5.56 Å². The Hall–Kier alpha value is -2.70. The lowest BCUT2D eigenvalue weighted by molar-refractivity contribution is 0.505. The molecule has 0 spiro atoms. The average molecular weight is 485 g/mol. The van der Waals surface area contributed by atoms with Crippen molar-refractivity contribution >= 4 is 44.6 Å². The van der Waals surface area contributed by atoms with Gasteiger partial charge in [-0.1, -0.05) is 60.4 Å². The van der Waals surface area contributed by atoms with Gasteiger partial charge in [-0.05, 0) is 42.5 Å². The summed E-state index contributed by atoms with van der Waals surface area (Å²) >= 11 is 9.48. The number of aromatic nitrogens is 2. The number of halogens is 2. The first-order valence-electron chi connectivity index (χ1n) is 9.35. The Morgan fingerprint density at radius 1 is 1.13 bits per heavy atom. The normalized spacial score (nSPS) is 12.2. The van der Waals surface area contributed by atoms with E-state index in [1.807, 2.05) is 63.2 Å². The van der Waals surface area contributed by atoms with E-state index < -0.39 is 0 Å². The van der Waals surface area contributed by atoms with Crippen LogP contribution in [0, 0.1) is 0 Å². The van der Waals surface area contributed by atoms with Crippen molar-refractivity contribution in [2.75, 3.05) is 0 Å². The molecule has 0 fully saturated rings. The fourth-order valence-electron chi connectivity index (χ4n) is 3.08. The second kappa shape index (κ2) is 7.85. The molecular formula is C23H19BrClN3O2. The molecule has 0 amide bonds. The van der Waals surface area contributed by atoms with Crippen molar-refractivity contribution < 1.29 is 4.42 Å². The Labute approximate surface area is 187 Å². The second-order valence-electron chi connectivity index (χ2n) is 7.92. The molecule has 0 aliphatic carbocycles. The van der Waals surface area contributed by atoms with E-state index in [0.29, 0.717) is 33.3 Å². The first-order valence-corrected chi connectivity index (χ1v) is 10.5. The summed E-state index contributed by atoms with van der Waals surface area (Å²) in [7, 11) is 0. The van der Waals surface area contributed by atoms with E-state index in [4.69, 9.17) is 21.0 Å². The Morgan fingerprint density at radius 3 is 2.67 bits per heavy atom. The van der Waals surface area contributed by atoms with Crippen molar-refractivity contribution in [3.63, 3.8) is 0 Å². The Morgan fingerprint density at radius 2 is 1.93 bits per heavy atom. The van der Waals surface area contributed by atoms with Gasteiger partial charge in [0.25, 0.3) is 5.56 Å². The van der Waals surface area contributed by atoms with Gasteiger partial charge < -0.3 is 4.42 Å². The number of nitrogens with zero attached hydrogens (tertiary/aromatic N) is 3. The van der Waals surface area contributed by atoms with E-state index in [-0.39, 0.29) is 11.0 Å². The summed E-state index contributed by atoms with van der Waals surface area (Å²) in [4.78, 5) is 17.9. The van der Waals surface area contributed by atoms with Crippen LogP contribution in [0.2, 0.25) is 5.02 Å². The molecule has 2 aromatic carbocycles. The summed E-state index contributed by atoms with van der Waals surface area (Å²) in [6, 6.07) is 16.5. The first-order chi connectivity index (χ1) is 14.2. The van der Waals surface area contributed by atoms with Crippen molar-refractivity contribution in [3.8, 4) is 11.3 Å². The third-order valence-electron chi connectivity index (χ3n) is 4.52. The lowest BCUT2D eigenvalue weighted by atomic mass is 9.95. The van der Waals surface area contributed by atoms with Gasteiger partial charge in [-0.15, -0.1) is 0 Å². The number of hydrogen-bond acceptors (Lipinski definition) is 4. The van der Waals surface area contributed by atoms with E-state index >= 15 is 0 Å². The van der Waals surface area contributed by atoms with E-state index in [1.165, 1.54) is 10.9 Å². The van der Waals surface area contributed by atoms with Crippen LogP contribution in [0.3, 0.4) is 0 Å². The van der Waals surface area contributed by atoms with Crippen LogP contribution in [0.15, 0.2) is 73.4 Å². The number of rotatable bonds is 3. The molecule has 7 heteroatoms. The molecule has 4 aromatic rings. The van der Waals surface area contributed by atoms with Crippen molar-refractivity contribution in [1.82, 2.24) is 9.66 Å². The highest BCUT2D eigenvalue weighted by Gasteiger charge is 2.23. The number of fused-ring (bicyclic) bond motifs is 1. The molecule has 0 atom stereocenters. The van der Waals surface area contributed by atoms with Crippen LogP contribution in [-0.2, 0) is 5.41 Å². The molecule has 4 rings (SSSR count). The zero-order chi connectivity index (χ0) is 21.5. The number of hydrogen-bond donors (Lipinski definition) is 0. The van der Waals surface area contributed by atoms with Crippen molar-refractivity contribution in [3.05, 3.63) is 86.0 Å². The monoisotopic (exact) mass is 483 g/mol. The summed E-state index contributed by atoms with van der Waals surface area (Å²) in [6.45, 7) is 5.99. The van der Waals surface area contributed by atoms with E-state index in [0.717, 1.165) is 10.0 Å². The highest BCUT2D eigenvalue weighted by Crippen LogP contribution is 2.25. The summed E-state index contributed by atoms with van der Waals surface area (Å²) in [6.07, 6.45) is 1.52. The third kappa shape index (κ3) is 4.11. The van der Waals surface area contributed by atoms with Crippen molar-refractivity contribution in [2.45, 2.75) is 26.2 Å². The maximum absolute atomic E-state index is 13.2. The maximum Gasteiger partial charge on any atom is 0.282 e. The zero-order valence-electron chi connectivity index (χ0n) is 16.7. The van der Waals surface area contributed by atoms with Gasteiger partial charge in [0, 0.05) is 20.5 Å². The van der Waals surface area contributed by atoms with Crippen LogP contribution in [0.4, 0.5) is 0 Å². The smallest absolute Gasteiger partial charge is 0.282 e. The largest absolute Gasteiger partial charge is 0.455 e. The van der Waals surface area contributed by atoms with Crippen LogP contribution in [0.5, 0.6) is 0 Å². The standard InChI is InChI=1S/C23H19BrClN3O2/c1-23(2,3)22-27-19-9-7-15(24)12-18(19)21(29)28(22)26-13-17-8-10-20(30-17)14-5-4-6-16(25)11-14/h4-13H,1-3H3. The van der Waals surface area contributed by atoms with Crippen LogP contribution in [0.1, 0.15) is 32.4 Å². The van der Waals surface area contributed by atoms with Gasteiger partial charge in [0.05, 0.1) is 17.1 Å². The fraction of sp³-hybridized carbons (Fsp3) is 0.174. The van der Waals surface area contributed by atoms with Gasteiger partial charge in [-0.3, -0.25) is 4.79 Å². The highest BCUT2D eigenvalue weighted by molar-refractivity contribution is 9.10. The van der Waals surface area contributed by atoms with Gasteiger partial charge in [0.1, 0.15) is 17.3 Å². The molecule has 0 unspecified atom stereocenters. The Bertz CT molecular complexity index is 1330. The predicted octanol–water partition coefficient (Wildman–Crippen LogP) is 6.25. The molecule has 2 aromatic heterocycles.